The van der Waals surface area contributed by atoms with E-state index in [-0.39, 0.29) is 5.91 Å². The molecule has 0 aromatic heterocycles. The quantitative estimate of drug-likeness (QED) is 0.489. The van der Waals surface area contributed by atoms with Gasteiger partial charge in [-0.25, -0.2) is 0 Å². The molecule has 1 amide bonds. The zero-order valence-corrected chi connectivity index (χ0v) is 16.6. The smallest absolute Gasteiger partial charge is 0.266 e. The van der Waals surface area contributed by atoms with E-state index < -0.39 is 0 Å². The Morgan fingerprint density at radius 1 is 1.35 bits per heavy atom. The lowest BCUT2D eigenvalue weighted by Crippen LogP contribution is -2.32. The van der Waals surface area contributed by atoms with E-state index in [1.165, 1.54) is 11.8 Å². The fraction of sp³-hybridized carbons (Fsp3) is 0.412. The molecule has 2 rings (SSSR count). The predicted molar refractivity (Wildman–Crippen MR) is 106 cm³/mol. The maximum Gasteiger partial charge on any atom is 0.266 e. The van der Waals surface area contributed by atoms with Gasteiger partial charge in [0.1, 0.15) is 4.32 Å². The van der Waals surface area contributed by atoms with E-state index in [9.17, 15) is 4.79 Å². The highest BCUT2D eigenvalue weighted by molar-refractivity contribution is 9.10. The Kier molecular flexibility index (Phi) is 7.27. The number of carbonyl (C=O) groups excluding carboxylic acids is 1. The second-order valence-corrected chi connectivity index (χ2v) is 7.86. The van der Waals surface area contributed by atoms with E-state index in [0.29, 0.717) is 15.8 Å². The third-order valence-electron chi connectivity index (χ3n) is 3.77. The summed E-state index contributed by atoms with van der Waals surface area (Å²) in [5.41, 5.74) is 1.00. The van der Waals surface area contributed by atoms with Gasteiger partial charge in [0.2, 0.25) is 0 Å². The van der Waals surface area contributed by atoms with Crippen molar-refractivity contribution in [1.82, 2.24) is 9.80 Å². The average molecular weight is 413 g/mol. The summed E-state index contributed by atoms with van der Waals surface area (Å²) in [5.74, 6) is 0.0273. The first-order valence-corrected chi connectivity index (χ1v) is 9.80. The Balaban J connectivity index is 1.99. The molecular weight excluding hydrogens is 392 g/mol. The van der Waals surface area contributed by atoms with Crippen molar-refractivity contribution in [2.45, 2.75) is 20.3 Å². The molecule has 1 saturated heterocycles. The number of hydrogen-bond donors (Lipinski definition) is 0. The molecule has 0 bridgehead atoms. The lowest BCUT2D eigenvalue weighted by Gasteiger charge is -2.20. The van der Waals surface area contributed by atoms with Crippen LogP contribution in [0.1, 0.15) is 25.8 Å². The monoisotopic (exact) mass is 412 g/mol. The van der Waals surface area contributed by atoms with Crippen LogP contribution in [0.5, 0.6) is 0 Å². The van der Waals surface area contributed by atoms with Crippen molar-refractivity contribution < 1.29 is 4.79 Å². The SMILES string of the molecule is CCN(CC)CCCN1C(=O)C(=Cc2cccc(Br)c2)SC1=S. The van der Waals surface area contributed by atoms with E-state index in [0.717, 1.165) is 36.1 Å². The first-order chi connectivity index (χ1) is 11.0. The minimum absolute atomic E-state index is 0.0273. The number of benzene rings is 1. The summed E-state index contributed by atoms with van der Waals surface area (Å²) in [6, 6.07) is 7.90. The molecule has 1 aromatic carbocycles. The van der Waals surface area contributed by atoms with E-state index in [1.54, 1.807) is 4.90 Å². The molecule has 0 aliphatic carbocycles. The zero-order chi connectivity index (χ0) is 16.8. The lowest BCUT2D eigenvalue weighted by atomic mass is 10.2. The number of thiocarbonyl (C=S) groups is 1. The summed E-state index contributed by atoms with van der Waals surface area (Å²) in [6.45, 7) is 8.08. The number of thioether (sulfide) groups is 1. The summed E-state index contributed by atoms with van der Waals surface area (Å²) in [4.78, 5) is 17.3. The number of carbonyl (C=O) groups is 1. The van der Waals surface area contributed by atoms with Gasteiger partial charge in [0.05, 0.1) is 4.91 Å². The summed E-state index contributed by atoms with van der Waals surface area (Å²) >= 11 is 10.2. The van der Waals surface area contributed by atoms with Crippen LogP contribution in [0.4, 0.5) is 0 Å². The Labute approximate surface area is 156 Å². The van der Waals surface area contributed by atoms with Crippen LogP contribution in [0.3, 0.4) is 0 Å². The number of rotatable bonds is 7. The van der Waals surface area contributed by atoms with Gasteiger partial charge in [-0.05, 0) is 49.8 Å². The van der Waals surface area contributed by atoms with Crippen LogP contribution in [0.25, 0.3) is 6.08 Å². The molecular formula is C17H21BrN2OS2. The van der Waals surface area contributed by atoms with Crippen molar-refractivity contribution in [3.8, 4) is 0 Å². The van der Waals surface area contributed by atoms with E-state index >= 15 is 0 Å². The van der Waals surface area contributed by atoms with Gasteiger partial charge in [-0.2, -0.15) is 0 Å². The number of halogens is 1. The summed E-state index contributed by atoms with van der Waals surface area (Å²) in [7, 11) is 0. The maximum atomic E-state index is 12.5. The molecule has 0 atom stereocenters. The molecule has 0 spiro atoms. The van der Waals surface area contributed by atoms with Crippen LogP contribution < -0.4 is 0 Å². The van der Waals surface area contributed by atoms with Gasteiger partial charge in [-0.3, -0.25) is 9.69 Å². The van der Waals surface area contributed by atoms with Crippen LogP contribution in [0, 0.1) is 0 Å². The fourth-order valence-electron chi connectivity index (χ4n) is 2.43. The van der Waals surface area contributed by atoms with Crippen LogP contribution in [0.15, 0.2) is 33.6 Å². The second-order valence-electron chi connectivity index (χ2n) is 5.27. The topological polar surface area (TPSA) is 23.6 Å². The number of amides is 1. The van der Waals surface area contributed by atoms with Crippen molar-refractivity contribution in [1.29, 1.82) is 0 Å². The second kappa shape index (κ2) is 8.97. The molecule has 124 valence electrons. The van der Waals surface area contributed by atoms with Gasteiger partial charge >= 0.3 is 0 Å². The van der Waals surface area contributed by atoms with Crippen molar-refractivity contribution in [2.24, 2.45) is 0 Å². The zero-order valence-electron chi connectivity index (χ0n) is 13.4. The molecule has 1 aromatic rings. The largest absolute Gasteiger partial charge is 0.304 e. The molecule has 1 aliphatic heterocycles. The number of nitrogens with zero attached hydrogens (tertiary/aromatic N) is 2. The van der Waals surface area contributed by atoms with Gasteiger partial charge in [-0.1, -0.05) is 65.9 Å². The highest BCUT2D eigenvalue weighted by Gasteiger charge is 2.31. The first-order valence-electron chi connectivity index (χ1n) is 7.78. The maximum absolute atomic E-state index is 12.5. The molecule has 0 saturated carbocycles. The van der Waals surface area contributed by atoms with Gasteiger partial charge < -0.3 is 4.90 Å². The molecule has 23 heavy (non-hydrogen) atoms. The van der Waals surface area contributed by atoms with E-state index in [1.807, 2.05) is 30.3 Å². The van der Waals surface area contributed by atoms with Gasteiger partial charge in [-0.15, -0.1) is 0 Å². The predicted octanol–water partition coefficient (Wildman–Crippen LogP) is 4.38. The van der Waals surface area contributed by atoms with Crippen molar-refractivity contribution in [2.75, 3.05) is 26.2 Å². The van der Waals surface area contributed by atoms with E-state index in [4.69, 9.17) is 12.2 Å². The molecule has 0 radical (unpaired) electrons. The Bertz CT molecular complexity index is 614. The molecule has 0 unspecified atom stereocenters. The Morgan fingerprint density at radius 2 is 2.09 bits per heavy atom. The summed E-state index contributed by atoms with van der Waals surface area (Å²) in [6.07, 6.45) is 2.85. The third-order valence-corrected chi connectivity index (χ3v) is 5.64. The Morgan fingerprint density at radius 3 is 2.74 bits per heavy atom. The van der Waals surface area contributed by atoms with Crippen LogP contribution in [-0.2, 0) is 4.79 Å². The van der Waals surface area contributed by atoms with Gasteiger partial charge in [0, 0.05) is 11.0 Å². The molecule has 0 N–H and O–H groups in total. The molecule has 6 heteroatoms. The van der Waals surface area contributed by atoms with Crippen LogP contribution in [0.2, 0.25) is 0 Å². The van der Waals surface area contributed by atoms with Crippen molar-refractivity contribution in [3.63, 3.8) is 0 Å². The normalized spacial score (nSPS) is 16.9. The average Bonchev–Trinajstić information content (AvgIpc) is 2.79. The molecule has 1 aliphatic rings. The molecule has 1 heterocycles. The summed E-state index contributed by atoms with van der Waals surface area (Å²) in [5, 5.41) is 0. The van der Waals surface area contributed by atoms with Crippen LogP contribution >= 0.6 is 39.9 Å². The molecule has 1 fully saturated rings. The highest BCUT2D eigenvalue weighted by Crippen LogP contribution is 2.32. The minimum atomic E-state index is 0.0273. The van der Waals surface area contributed by atoms with E-state index in [2.05, 4.69) is 34.7 Å². The van der Waals surface area contributed by atoms with Crippen molar-refractivity contribution in [3.05, 3.63) is 39.2 Å². The summed E-state index contributed by atoms with van der Waals surface area (Å²) < 4.78 is 1.66. The fourth-order valence-corrected chi connectivity index (χ4v) is 4.16. The highest BCUT2D eigenvalue weighted by atomic mass is 79.9. The lowest BCUT2D eigenvalue weighted by molar-refractivity contribution is -0.122. The first kappa shape index (κ1) is 18.6. The number of hydrogen-bond acceptors (Lipinski definition) is 4. The third kappa shape index (κ3) is 5.14. The van der Waals surface area contributed by atoms with Crippen molar-refractivity contribution >= 4 is 56.2 Å². The van der Waals surface area contributed by atoms with Gasteiger partial charge in [0.15, 0.2) is 0 Å². The standard InChI is InChI=1S/C17H21BrN2OS2/c1-3-19(4-2)9-6-10-20-16(21)15(23-17(20)22)12-13-7-5-8-14(18)11-13/h5,7-8,11-12H,3-4,6,9-10H2,1-2H3. The Hall–Kier alpha value is -0.690. The van der Waals surface area contributed by atoms with Crippen LogP contribution in [-0.4, -0.2) is 46.2 Å². The molecule has 3 nitrogen and oxygen atoms in total. The minimum Gasteiger partial charge on any atom is -0.304 e. The van der Waals surface area contributed by atoms with Gasteiger partial charge in [0.25, 0.3) is 5.91 Å².